The fourth-order valence-electron chi connectivity index (χ4n) is 2.04. The highest BCUT2D eigenvalue weighted by molar-refractivity contribution is 8.00. The van der Waals surface area contributed by atoms with Crippen LogP contribution in [0.25, 0.3) is 0 Å². The lowest BCUT2D eigenvalue weighted by molar-refractivity contribution is 0.415. The predicted molar refractivity (Wildman–Crippen MR) is 82.9 cm³/mol. The van der Waals surface area contributed by atoms with Gasteiger partial charge in [-0.3, -0.25) is 0 Å². The quantitative estimate of drug-likeness (QED) is 0.813. The first-order chi connectivity index (χ1) is 8.70. The number of rotatable bonds is 5. The lowest BCUT2D eigenvalue weighted by atomic mass is 10.1. The zero-order valence-corrected chi connectivity index (χ0v) is 12.1. The summed E-state index contributed by atoms with van der Waals surface area (Å²) in [7, 11) is 1.66. The Morgan fingerprint density at radius 2 is 2.44 bits per heavy atom. The number of hydrogen-bond acceptors (Lipinski definition) is 4. The third kappa shape index (κ3) is 3.29. The largest absolute Gasteiger partial charge is 0.497 e. The molecule has 1 fully saturated rings. The van der Waals surface area contributed by atoms with Crippen molar-refractivity contribution in [2.24, 2.45) is 5.73 Å². The third-order valence-corrected chi connectivity index (χ3v) is 4.65. The van der Waals surface area contributed by atoms with E-state index in [0.29, 0.717) is 10.2 Å². The molecule has 1 aliphatic rings. The van der Waals surface area contributed by atoms with Crippen LogP contribution in [0.1, 0.15) is 18.4 Å². The lowest BCUT2D eigenvalue weighted by Crippen LogP contribution is -2.18. The van der Waals surface area contributed by atoms with Gasteiger partial charge in [0.25, 0.3) is 0 Å². The highest BCUT2D eigenvalue weighted by Crippen LogP contribution is 2.28. The average molecular weight is 282 g/mol. The number of methoxy groups -OCH3 is 1. The molecule has 2 rings (SSSR count). The molecular weight excluding hydrogens is 264 g/mol. The van der Waals surface area contributed by atoms with Gasteiger partial charge in [-0.1, -0.05) is 12.2 Å². The average Bonchev–Trinajstić information content (AvgIpc) is 2.88. The molecule has 5 heteroatoms. The Morgan fingerprint density at radius 3 is 3.06 bits per heavy atom. The van der Waals surface area contributed by atoms with E-state index in [1.165, 1.54) is 18.6 Å². The van der Waals surface area contributed by atoms with E-state index in [0.717, 1.165) is 23.5 Å². The molecule has 0 saturated carbocycles. The minimum Gasteiger partial charge on any atom is -0.497 e. The molecule has 0 radical (unpaired) electrons. The number of benzene rings is 1. The summed E-state index contributed by atoms with van der Waals surface area (Å²) < 4.78 is 5.23. The highest BCUT2D eigenvalue weighted by atomic mass is 32.2. The zero-order valence-electron chi connectivity index (χ0n) is 10.4. The van der Waals surface area contributed by atoms with Gasteiger partial charge in [0.05, 0.1) is 7.11 Å². The maximum Gasteiger partial charge on any atom is 0.120 e. The minimum atomic E-state index is 0.416. The summed E-state index contributed by atoms with van der Waals surface area (Å²) in [5.41, 5.74) is 7.59. The van der Waals surface area contributed by atoms with Crippen molar-refractivity contribution in [1.29, 1.82) is 0 Å². The van der Waals surface area contributed by atoms with Crippen molar-refractivity contribution in [3.05, 3.63) is 23.8 Å². The summed E-state index contributed by atoms with van der Waals surface area (Å²) in [5.74, 6) is 2.09. The second-order valence-electron chi connectivity index (χ2n) is 4.29. The van der Waals surface area contributed by atoms with Crippen molar-refractivity contribution in [1.82, 2.24) is 0 Å². The summed E-state index contributed by atoms with van der Waals surface area (Å²) >= 11 is 7.10. The number of thiocarbonyl (C=S) groups is 1. The van der Waals surface area contributed by atoms with E-state index in [-0.39, 0.29) is 0 Å². The van der Waals surface area contributed by atoms with Crippen LogP contribution in [-0.2, 0) is 0 Å². The van der Waals surface area contributed by atoms with Gasteiger partial charge in [0.2, 0.25) is 0 Å². The van der Waals surface area contributed by atoms with Crippen LogP contribution in [0.3, 0.4) is 0 Å². The molecule has 1 aliphatic heterocycles. The van der Waals surface area contributed by atoms with E-state index in [1.54, 1.807) is 7.11 Å². The van der Waals surface area contributed by atoms with Crippen molar-refractivity contribution in [3.8, 4) is 5.75 Å². The van der Waals surface area contributed by atoms with Crippen LogP contribution in [0.4, 0.5) is 5.69 Å². The van der Waals surface area contributed by atoms with Crippen LogP contribution >= 0.6 is 24.0 Å². The fourth-order valence-corrected chi connectivity index (χ4v) is 3.42. The normalized spacial score (nSPS) is 18.6. The number of nitrogens with two attached hydrogens (primary N) is 1. The van der Waals surface area contributed by atoms with Gasteiger partial charge in [-0.25, -0.2) is 0 Å². The molecule has 98 valence electrons. The molecule has 1 atom stereocenters. The van der Waals surface area contributed by atoms with Crippen molar-refractivity contribution in [3.63, 3.8) is 0 Å². The Balaban J connectivity index is 2.10. The first kappa shape index (κ1) is 13.5. The lowest BCUT2D eigenvalue weighted by Gasteiger charge is -2.15. The number of ether oxygens (including phenoxy) is 1. The SMILES string of the molecule is COc1ccc(C(N)=S)c(NCC2CCCS2)c1. The first-order valence-corrected chi connectivity index (χ1v) is 7.49. The summed E-state index contributed by atoms with van der Waals surface area (Å²) in [5, 5.41) is 4.13. The van der Waals surface area contributed by atoms with Crippen molar-refractivity contribution >= 4 is 34.7 Å². The first-order valence-electron chi connectivity index (χ1n) is 6.04. The third-order valence-electron chi connectivity index (χ3n) is 3.04. The maximum atomic E-state index is 5.74. The number of nitrogens with one attached hydrogen (secondary N) is 1. The van der Waals surface area contributed by atoms with Crippen molar-refractivity contribution < 1.29 is 4.74 Å². The molecule has 0 amide bonds. The molecule has 0 bridgehead atoms. The predicted octanol–water partition coefficient (Wildman–Crippen LogP) is 2.64. The number of hydrogen-bond donors (Lipinski definition) is 2. The molecule has 1 aromatic carbocycles. The van der Waals surface area contributed by atoms with Crippen LogP contribution in [0, 0.1) is 0 Å². The van der Waals surface area contributed by atoms with Crippen molar-refractivity contribution in [2.75, 3.05) is 24.7 Å². The Morgan fingerprint density at radius 1 is 1.61 bits per heavy atom. The molecule has 0 aromatic heterocycles. The van der Waals surface area contributed by atoms with Gasteiger partial charge in [-0.2, -0.15) is 11.8 Å². The molecule has 1 saturated heterocycles. The van der Waals surface area contributed by atoms with E-state index in [2.05, 4.69) is 5.32 Å². The molecule has 1 heterocycles. The van der Waals surface area contributed by atoms with Gasteiger partial charge >= 0.3 is 0 Å². The summed E-state index contributed by atoms with van der Waals surface area (Å²) in [6.45, 7) is 0.952. The van der Waals surface area contributed by atoms with Gasteiger partial charge in [0.15, 0.2) is 0 Å². The van der Waals surface area contributed by atoms with E-state index in [9.17, 15) is 0 Å². The summed E-state index contributed by atoms with van der Waals surface area (Å²) in [4.78, 5) is 0.416. The summed E-state index contributed by atoms with van der Waals surface area (Å²) in [6.07, 6.45) is 2.60. The van der Waals surface area contributed by atoms with E-state index in [1.807, 2.05) is 30.0 Å². The van der Waals surface area contributed by atoms with Crippen LogP contribution in [0.5, 0.6) is 5.75 Å². The number of thioether (sulfide) groups is 1. The highest BCUT2D eigenvalue weighted by Gasteiger charge is 2.16. The van der Waals surface area contributed by atoms with Gasteiger partial charge < -0.3 is 15.8 Å². The molecule has 3 N–H and O–H groups in total. The molecule has 1 aromatic rings. The van der Waals surface area contributed by atoms with E-state index in [4.69, 9.17) is 22.7 Å². The van der Waals surface area contributed by atoms with Crippen LogP contribution in [0.2, 0.25) is 0 Å². The Labute approximate surface area is 117 Å². The van der Waals surface area contributed by atoms with E-state index < -0.39 is 0 Å². The topological polar surface area (TPSA) is 47.3 Å². The second-order valence-corrected chi connectivity index (χ2v) is 6.14. The molecule has 0 aliphatic carbocycles. The van der Waals surface area contributed by atoms with Crippen LogP contribution in [-0.4, -0.2) is 29.6 Å². The molecular formula is C13H18N2OS2. The van der Waals surface area contributed by atoms with Gasteiger partial charge in [-0.05, 0) is 30.7 Å². The minimum absolute atomic E-state index is 0.416. The number of anilines is 1. The zero-order chi connectivity index (χ0) is 13.0. The van der Waals surface area contributed by atoms with E-state index >= 15 is 0 Å². The van der Waals surface area contributed by atoms with Crippen molar-refractivity contribution in [2.45, 2.75) is 18.1 Å². The van der Waals surface area contributed by atoms with Gasteiger partial charge in [0, 0.05) is 29.1 Å². The molecule has 18 heavy (non-hydrogen) atoms. The van der Waals surface area contributed by atoms with Gasteiger partial charge in [-0.15, -0.1) is 0 Å². The standard InChI is InChI=1S/C13H18N2OS2/c1-16-9-4-5-11(13(14)17)12(7-9)15-8-10-3-2-6-18-10/h4-5,7,10,15H,2-3,6,8H2,1H3,(H2,14,17). The van der Waals surface area contributed by atoms with Crippen LogP contribution in [0.15, 0.2) is 18.2 Å². The Kier molecular flexibility index (Phi) is 4.72. The van der Waals surface area contributed by atoms with Gasteiger partial charge in [0.1, 0.15) is 10.7 Å². The Bertz CT molecular complexity index is 431. The Hall–Kier alpha value is -0.940. The summed E-state index contributed by atoms with van der Waals surface area (Å²) in [6, 6.07) is 5.74. The van der Waals surface area contributed by atoms with Crippen LogP contribution < -0.4 is 15.8 Å². The smallest absolute Gasteiger partial charge is 0.120 e. The molecule has 0 spiro atoms. The molecule has 1 unspecified atom stereocenters. The molecule has 3 nitrogen and oxygen atoms in total. The monoisotopic (exact) mass is 282 g/mol. The maximum absolute atomic E-state index is 5.74. The second kappa shape index (κ2) is 6.29. The fraction of sp³-hybridized carbons (Fsp3) is 0.462.